The van der Waals surface area contributed by atoms with Gasteiger partial charge in [-0.15, -0.1) is 0 Å². The quantitative estimate of drug-likeness (QED) is 0.475. The van der Waals surface area contributed by atoms with Crippen LogP contribution in [0.4, 0.5) is 9.18 Å². The highest BCUT2D eigenvalue weighted by Crippen LogP contribution is 2.44. The highest BCUT2D eigenvalue weighted by molar-refractivity contribution is 5.96. The maximum atomic E-state index is 13.1. The monoisotopic (exact) mass is 417 g/mol. The SMILES string of the molecule is COC(=O)/C(=C/c1ccc(F)cc1)NC(=O)OCC1c2ccccc2-c2ccccc21. The molecule has 1 N–H and O–H groups in total. The molecule has 4 rings (SSSR count). The van der Waals surface area contributed by atoms with Crippen molar-refractivity contribution in [2.45, 2.75) is 5.92 Å². The molecular formula is C25H20FNO4. The van der Waals surface area contributed by atoms with Crippen LogP contribution >= 0.6 is 0 Å². The van der Waals surface area contributed by atoms with Crippen LogP contribution in [0.3, 0.4) is 0 Å². The number of benzene rings is 3. The Kier molecular flexibility index (Phi) is 5.80. The summed E-state index contributed by atoms with van der Waals surface area (Å²) in [5.41, 5.74) is 4.85. The van der Waals surface area contributed by atoms with Gasteiger partial charge in [0.2, 0.25) is 0 Å². The summed E-state index contributed by atoms with van der Waals surface area (Å²) in [5.74, 6) is -1.24. The van der Waals surface area contributed by atoms with Gasteiger partial charge in [-0.05, 0) is 46.0 Å². The number of esters is 1. The third-order valence-electron chi connectivity index (χ3n) is 5.17. The number of alkyl carbamates (subject to hydrolysis) is 1. The molecule has 0 bridgehead atoms. The predicted molar refractivity (Wildman–Crippen MR) is 115 cm³/mol. The summed E-state index contributed by atoms with van der Waals surface area (Å²) in [6.45, 7) is 0.116. The standard InChI is InChI=1S/C25H20FNO4/c1-30-24(28)23(14-16-10-12-17(26)13-11-16)27-25(29)31-15-22-20-8-4-2-6-18(20)19-7-3-5-9-21(19)22/h2-14,22H,15H2,1H3,(H,27,29)/b23-14-. The summed E-state index contributed by atoms with van der Waals surface area (Å²) < 4.78 is 23.3. The van der Waals surface area contributed by atoms with Crippen LogP contribution in [-0.2, 0) is 14.3 Å². The van der Waals surface area contributed by atoms with Crippen LogP contribution < -0.4 is 5.32 Å². The number of hydrogen-bond acceptors (Lipinski definition) is 4. The van der Waals surface area contributed by atoms with Crippen LogP contribution in [0.2, 0.25) is 0 Å². The van der Waals surface area contributed by atoms with E-state index in [0.717, 1.165) is 22.3 Å². The van der Waals surface area contributed by atoms with Crippen molar-refractivity contribution in [2.75, 3.05) is 13.7 Å². The van der Waals surface area contributed by atoms with Gasteiger partial charge in [0.1, 0.15) is 18.1 Å². The Labute approximate surface area is 179 Å². The van der Waals surface area contributed by atoms with Crippen LogP contribution in [0.15, 0.2) is 78.5 Å². The zero-order valence-electron chi connectivity index (χ0n) is 16.8. The maximum Gasteiger partial charge on any atom is 0.411 e. The molecule has 3 aromatic carbocycles. The van der Waals surface area contributed by atoms with E-state index in [2.05, 4.69) is 17.4 Å². The van der Waals surface area contributed by atoms with E-state index in [1.807, 2.05) is 36.4 Å². The molecule has 0 atom stereocenters. The van der Waals surface area contributed by atoms with E-state index >= 15 is 0 Å². The number of ether oxygens (including phenoxy) is 2. The van der Waals surface area contributed by atoms with Gasteiger partial charge in [0.25, 0.3) is 0 Å². The fourth-order valence-corrected chi connectivity index (χ4v) is 3.73. The summed E-state index contributed by atoms with van der Waals surface area (Å²) >= 11 is 0. The fraction of sp³-hybridized carbons (Fsp3) is 0.120. The van der Waals surface area contributed by atoms with Crippen LogP contribution in [0.1, 0.15) is 22.6 Å². The molecule has 156 valence electrons. The van der Waals surface area contributed by atoms with Crippen molar-refractivity contribution in [3.63, 3.8) is 0 Å². The molecule has 6 heteroatoms. The van der Waals surface area contributed by atoms with Gasteiger partial charge in [-0.3, -0.25) is 5.32 Å². The van der Waals surface area contributed by atoms with Gasteiger partial charge >= 0.3 is 12.1 Å². The van der Waals surface area contributed by atoms with Crippen molar-refractivity contribution >= 4 is 18.1 Å². The third-order valence-corrected chi connectivity index (χ3v) is 5.17. The first-order valence-corrected chi connectivity index (χ1v) is 9.74. The number of rotatable bonds is 5. The average molecular weight is 417 g/mol. The van der Waals surface area contributed by atoms with Crippen molar-refractivity contribution in [3.05, 3.63) is 101 Å². The molecule has 0 aliphatic heterocycles. The first-order chi connectivity index (χ1) is 15.1. The van der Waals surface area contributed by atoms with Gasteiger partial charge in [-0.25, -0.2) is 14.0 Å². The molecule has 1 aliphatic rings. The molecule has 0 heterocycles. The van der Waals surface area contributed by atoms with Crippen LogP contribution in [-0.4, -0.2) is 25.8 Å². The molecule has 5 nitrogen and oxygen atoms in total. The van der Waals surface area contributed by atoms with E-state index in [4.69, 9.17) is 9.47 Å². The lowest BCUT2D eigenvalue weighted by molar-refractivity contribution is -0.136. The number of hydrogen-bond donors (Lipinski definition) is 1. The van der Waals surface area contributed by atoms with Gasteiger partial charge in [-0.1, -0.05) is 60.7 Å². The molecule has 0 spiro atoms. The van der Waals surface area contributed by atoms with E-state index < -0.39 is 17.9 Å². The highest BCUT2D eigenvalue weighted by Gasteiger charge is 2.29. The lowest BCUT2D eigenvalue weighted by Crippen LogP contribution is -2.29. The summed E-state index contributed by atoms with van der Waals surface area (Å²) in [5, 5.41) is 2.43. The summed E-state index contributed by atoms with van der Waals surface area (Å²) in [6, 6.07) is 21.5. The predicted octanol–water partition coefficient (Wildman–Crippen LogP) is 4.88. The molecule has 0 saturated heterocycles. The molecule has 1 aliphatic carbocycles. The molecular weight excluding hydrogens is 397 g/mol. The number of carbonyl (C=O) groups is 2. The van der Waals surface area contributed by atoms with Crippen LogP contribution in [0.5, 0.6) is 0 Å². The average Bonchev–Trinajstić information content (AvgIpc) is 3.12. The lowest BCUT2D eigenvalue weighted by Gasteiger charge is -2.15. The third kappa shape index (κ3) is 4.33. The van der Waals surface area contributed by atoms with Crippen molar-refractivity contribution < 1.29 is 23.5 Å². The van der Waals surface area contributed by atoms with Gasteiger partial charge in [0.15, 0.2) is 0 Å². The minimum Gasteiger partial charge on any atom is -0.464 e. The molecule has 1 amide bonds. The zero-order chi connectivity index (χ0) is 21.8. The number of fused-ring (bicyclic) bond motifs is 3. The van der Waals surface area contributed by atoms with Crippen molar-refractivity contribution in [1.29, 1.82) is 0 Å². The van der Waals surface area contributed by atoms with Gasteiger partial charge in [0.05, 0.1) is 7.11 Å². The van der Waals surface area contributed by atoms with Gasteiger partial charge in [0, 0.05) is 5.92 Å². The maximum absolute atomic E-state index is 13.1. The Hall–Kier alpha value is -3.93. The summed E-state index contributed by atoms with van der Waals surface area (Å²) in [4.78, 5) is 24.5. The topological polar surface area (TPSA) is 64.6 Å². The van der Waals surface area contributed by atoms with E-state index in [1.165, 1.54) is 37.5 Å². The largest absolute Gasteiger partial charge is 0.464 e. The Bertz CT molecular complexity index is 1110. The molecule has 0 saturated carbocycles. The number of amides is 1. The first-order valence-electron chi connectivity index (χ1n) is 9.74. The highest BCUT2D eigenvalue weighted by atomic mass is 19.1. The Balaban J connectivity index is 1.49. The molecule has 0 aromatic heterocycles. The Morgan fingerprint density at radius 2 is 1.52 bits per heavy atom. The number of methoxy groups -OCH3 is 1. The number of nitrogens with one attached hydrogen (secondary N) is 1. The van der Waals surface area contributed by atoms with Crippen molar-refractivity contribution in [1.82, 2.24) is 5.32 Å². The van der Waals surface area contributed by atoms with Crippen LogP contribution in [0, 0.1) is 5.82 Å². The van der Waals surface area contributed by atoms with E-state index in [-0.39, 0.29) is 18.2 Å². The number of carbonyl (C=O) groups excluding carboxylic acids is 2. The zero-order valence-corrected chi connectivity index (χ0v) is 16.8. The van der Waals surface area contributed by atoms with E-state index in [1.54, 1.807) is 0 Å². The number of halogens is 1. The fourth-order valence-electron chi connectivity index (χ4n) is 3.73. The van der Waals surface area contributed by atoms with Gasteiger partial charge in [-0.2, -0.15) is 0 Å². The summed E-state index contributed by atoms with van der Waals surface area (Å²) in [6.07, 6.45) is 0.618. The van der Waals surface area contributed by atoms with Crippen LogP contribution in [0.25, 0.3) is 17.2 Å². The van der Waals surface area contributed by atoms with E-state index in [0.29, 0.717) is 5.56 Å². The molecule has 31 heavy (non-hydrogen) atoms. The normalized spacial score (nSPS) is 12.6. The minimum atomic E-state index is -0.777. The van der Waals surface area contributed by atoms with Crippen molar-refractivity contribution in [2.24, 2.45) is 0 Å². The Morgan fingerprint density at radius 1 is 0.935 bits per heavy atom. The van der Waals surface area contributed by atoms with E-state index in [9.17, 15) is 14.0 Å². The second kappa shape index (κ2) is 8.83. The molecule has 0 radical (unpaired) electrons. The molecule has 3 aromatic rings. The molecule has 0 fully saturated rings. The van der Waals surface area contributed by atoms with Crippen molar-refractivity contribution in [3.8, 4) is 11.1 Å². The minimum absolute atomic E-state index is 0.0965. The smallest absolute Gasteiger partial charge is 0.411 e. The molecule has 0 unspecified atom stereocenters. The van der Waals surface area contributed by atoms with Gasteiger partial charge < -0.3 is 9.47 Å². The second-order valence-electron chi connectivity index (χ2n) is 7.05. The first kappa shape index (κ1) is 20.3. The second-order valence-corrected chi connectivity index (χ2v) is 7.05. The summed E-state index contributed by atoms with van der Waals surface area (Å²) in [7, 11) is 1.21. The lowest BCUT2D eigenvalue weighted by atomic mass is 9.98. The Morgan fingerprint density at radius 3 is 2.10 bits per heavy atom.